The van der Waals surface area contributed by atoms with Gasteiger partial charge in [-0.15, -0.1) is 11.8 Å². The third-order valence-corrected chi connectivity index (χ3v) is 4.15. The minimum Gasteiger partial charge on any atom is -0.313 e. The van der Waals surface area contributed by atoms with Gasteiger partial charge < -0.3 is 5.32 Å². The van der Waals surface area contributed by atoms with Gasteiger partial charge in [0.15, 0.2) is 0 Å². The lowest BCUT2D eigenvalue weighted by molar-refractivity contribution is 0.514. The summed E-state index contributed by atoms with van der Waals surface area (Å²) in [5.74, 6) is 2.13. The molecule has 16 heavy (non-hydrogen) atoms. The van der Waals surface area contributed by atoms with Crippen LogP contribution in [0.4, 0.5) is 0 Å². The zero-order chi connectivity index (χ0) is 11.4. The largest absolute Gasteiger partial charge is 0.313 e. The molecule has 1 fully saturated rings. The standard InChI is InChI=1S/C14H21NS/c1-11-4-3-5-14(10-11)16-9-8-15-12(2)13-6-7-13/h3-5,10,12-13,15H,6-9H2,1-2H3. The van der Waals surface area contributed by atoms with Gasteiger partial charge in [-0.3, -0.25) is 0 Å². The molecule has 1 unspecified atom stereocenters. The summed E-state index contributed by atoms with van der Waals surface area (Å²) in [5, 5.41) is 3.61. The normalized spacial score (nSPS) is 17.4. The molecule has 1 N–H and O–H groups in total. The maximum atomic E-state index is 3.61. The number of thioether (sulfide) groups is 1. The van der Waals surface area contributed by atoms with Gasteiger partial charge in [-0.1, -0.05) is 17.7 Å². The van der Waals surface area contributed by atoms with Crippen LogP contribution in [-0.2, 0) is 0 Å². The molecule has 88 valence electrons. The Morgan fingerprint density at radius 1 is 1.44 bits per heavy atom. The monoisotopic (exact) mass is 235 g/mol. The van der Waals surface area contributed by atoms with Crippen LogP contribution in [0.5, 0.6) is 0 Å². The van der Waals surface area contributed by atoms with E-state index in [1.807, 2.05) is 11.8 Å². The fourth-order valence-electron chi connectivity index (χ4n) is 1.92. The van der Waals surface area contributed by atoms with Crippen molar-refractivity contribution in [2.24, 2.45) is 5.92 Å². The highest BCUT2D eigenvalue weighted by Crippen LogP contribution is 2.32. The minimum atomic E-state index is 0.720. The molecule has 1 nitrogen and oxygen atoms in total. The number of rotatable bonds is 6. The van der Waals surface area contributed by atoms with Crippen LogP contribution in [0.25, 0.3) is 0 Å². The van der Waals surface area contributed by atoms with E-state index in [2.05, 4.69) is 43.4 Å². The van der Waals surface area contributed by atoms with Crippen LogP contribution >= 0.6 is 11.8 Å². The maximum Gasteiger partial charge on any atom is 0.0106 e. The number of hydrogen-bond acceptors (Lipinski definition) is 2. The van der Waals surface area contributed by atoms with Crippen molar-refractivity contribution in [3.8, 4) is 0 Å². The van der Waals surface area contributed by atoms with Crippen LogP contribution in [-0.4, -0.2) is 18.3 Å². The quantitative estimate of drug-likeness (QED) is 0.598. The van der Waals surface area contributed by atoms with E-state index in [0.717, 1.165) is 18.5 Å². The summed E-state index contributed by atoms with van der Waals surface area (Å²) >= 11 is 1.95. The van der Waals surface area contributed by atoms with Gasteiger partial charge in [0, 0.05) is 23.2 Å². The zero-order valence-electron chi connectivity index (χ0n) is 10.2. The molecule has 2 heteroatoms. The van der Waals surface area contributed by atoms with Gasteiger partial charge in [0.2, 0.25) is 0 Å². The highest BCUT2D eigenvalue weighted by molar-refractivity contribution is 7.99. The Labute approximate surface area is 103 Å². The first kappa shape index (κ1) is 12.0. The van der Waals surface area contributed by atoms with Crippen molar-refractivity contribution in [1.29, 1.82) is 0 Å². The Bertz CT molecular complexity index is 333. The summed E-state index contributed by atoms with van der Waals surface area (Å²) in [7, 11) is 0. The first-order valence-electron chi connectivity index (χ1n) is 6.18. The maximum absolute atomic E-state index is 3.61. The molecule has 0 saturated heterocycles. The second-order valence-electron chi connectivity index (χ2n) is 4.75. The van der Waals surface area contributed by atoms with Gasteiger partial charge in [-0.05, 0) is 44.7 Å². The second-order valence-corrected chi connectivity index (χ2v) is 5.91. The third-order valence-electron chi connectivity index (χ3n) is 3.16. The van der Waals surface area contributed by atoms with Crippen molar-refractivity contribution in [1.82, 2.24) is 5.32 Å². The molecule has 1 aliphatic carbocycles. The smallest absolute Gasteiger partial charge is 0.0106 e. The minimum absolute atomic E-state index is 0.720. The summed E-state index contributed by atoms with van der Waals surface area (Å²) in [6, 6.07) is 9.46. The van der Waals surface area contributed by atoms with Crippen LogP contribution in [0.3, 0.4) is 0 Å². The number of hydrogen-bond donors (Lipinski definition) is 1. The Morgan fingerprint density at radius 3 is 2.94 bits per heavy atom. The summed E-state index contributed by atoms with van der Waals surface area (Å²) in [6.45, 7) is 5.59. The van der Waals surface area contributed by atoms with Gasteiger partial charge >= 0.3 is 0 Å². The van der Waals surface area contributed by atoms with Crippen LogP contribution in [0.2, 0.25) is 0 Å². The van der Waals surface area contributed by atoms with Crippen molar-refractivity contribution in [2.75, 3.05) is 12.3 Å². The van der Waals surface area contributed by atoms with Crippen molar-refractivity contribution in [3.05, 3.63) is 29.8 Å². The van der Waals surface area contributed by atoms with Gasteiger partial charge in [-0.25, -0.2) is 0 Å². The molecule has 0 amide bonds. The molecule has 1 atom stereocenters. The second kappa shape index (κ2) is 5.74. The lowest BCUT2D eigenvalue weighted by atomic mass is 10.2. The third kappa shape index (κ3) is 3.84. The van der Waals surface area contributed by atoms with Gasteiger partial charge in [0.05, 0.1) is 0 Å². The van der Waals surface area contributed by atoms with Gasteiger partial charge in [0.1, 0.15) is 0 Å². The van der Waals surface area contributed by atoms with E-state index in [4.69, 9.17) is 0 Å². The van der Waals surface area contributed by atoms with Gasteiger partial charge in [-0.2, -0.15) is 0 Å². The number of nitrogens with one attached hydrogen (secondary N) is 1. The SMILES string of the molecule is Cc1cccc(SCCNC(C)C2CC2)c1. The molecule has 1 aromatic rings. The molecule has 1 saturated carbocycles. The molecule has 0 bridgehead atoms. The first-order chi connectivity index (χ1) is 7.75. The van der Waals surface area contributed by atoms with Crippen LogP contribution in [0, 0.1) is 12.8 Å². The molecule has 0 spiro atoms. The Morgan fingerprint density at radius 2 is 2.25 bits per heavy atom. The highest BCUT2D eigenvalue weighted by Gasteiger charge is 2.26. The molecule has 2 rings (SSSR count). The summed E-state index contributed by atoms with van der Waals surface area (Å²) in [6.07, 6.45) is 2.86. The topological polar surface area (TPSA) is 12.0 Å². The Hall–Kier alpha value is -0.470. The molecule has 0 aliphatic heterocycles. The molecule has 1 aliphatic rings. The van der Waals surface area contributed by atoms with E-state index >= 15 is 0 Å². The summed E-state index contributed by atoms with van der Waals surface area (Å²) < 4.78 is 0. The van der Waals surface area contributed by atoms with E-state index < -0.39 is 0 Å². The predicted octanol–water partition coefficient (Wildman–Crippen LogP) is 3.48. The molecule has 0 radical (unpaired) electrons. The van der Waals surface area contributed by atoms with Crippen LogP contribution < -0.4 is 5.32 Å². The predicted molar refractivity (Wildman–Crippen MR) is 72.1 cm³/mol. The molecule has 1 aromatic carbocycles. The van der Waals surface area contributed by atoms with Gasteiger partial charge in [0.25, 0.3) is 0 Å². The lowest BCUT2D eigenvalue weighted by Crippen LogP contribution is -2.29. The highest BCUT2D eigenvalue weighted by atomic mass is 32.2. The van der Waals surface area contributed by atoms with E-state index in [1.165, 1.54) is 29.1 Å². The number of benzene rings is 1. The van der Waals surface area contributed by atoms with Crippen LogP contribution in [0.15, 0.2) is 29.2 Å². The molecule has 0 aromatic heterocycles. The fraction of sp³-hybridized carbons (Fsp3) is 0.571. The fourth-order valence-corrected chi connectivity index (χ4v) is 2.82. The average Bonchev–Trinajstić information content (AvgIpc) is 3.08. The average molecular weight is 235 g/mol. The summed E-state index contributed by atoms with van der Waals surface area (Å²) in [4.78, 5) is 1.39. The molecule has 0 heterocycles. The number of aryl methyl sites for hydroxylation is 1. The van der Waals surface area contributed by atoms with E-state index in [0.29, 0.717) is 0 Å². The van der Waals surface area contributed by atoms with E-state index in [1.54, 1.807) is 0 Å². The molecular formula is C14H21NS. The van der Waals surface area contributed by atoms with Crippen molar-refractivity contribution in [3.63, 3.8) is 0 Å². The van der Waals surface area contributed by atoms with Crippen molar-refractivity contribution in [2.45, 2.75) is 37.6 Å². The van der Waals surface area contributed by atoms with Crippen molar-refractivity contribution >= 4 is 11.8 Å². The first-order valence-corrected chi connectivity index (χ1v) is 7.17. The Kier molecular flexibility index (Phi) is 4.30. The lowest BCUT2D eigenvalue weighted by Gasteiger charge is -2.12. The summed E-state index contributed by atoms with van der Waals surface area (Å²) in [5.41, 5.74) is 1.35. The zero-order valence-corrected chi connectivity index (χ0v) is 11.0. The molecular weight excluding hydrogens is 214 g/mol. The van der Waals surface area contributed by atoms with E-state index in [9.17, 15) is 0 Å². The van der Waals surface area contributed by atoms with Crippen LogP contribution in [0.1, 0.15) is 25.3 Å². The van der Waals surface area contributed by atoms with E-state index in [-0.39, 0.29) is 0 Å². The Balaban J connectivity index is 1.63. The van der Waals surface area contributed by atoms with Crippen molar-refractivity contribution < 1.29 is 0 Å².